The van der Waals surface area contributed by atoms with Gasteiger partial charge in [-0.1, -0.05) is 0 Å². The van der Waals surface area contributed by atoms with Crippen molar-refractivity contribution in [2.24, 2.45) is 0 Å². The molecule has 0 atom stereocenters. The van der Waals surface area contributed by atoms with Gasteiger partial charge in [-0.2, -0.15) is 0 Å². The molecule has 0 aromatic carbocycles. The first-order chi connectivity index (χ1) is 10.7. The highest BCUT2D eigenvalue weighted by Crippen LogP contribution is 2.20. The minimum absolute atomic E-state index is 0.191. The Morgan fingerprint density at radius 1 is 1.32 bits per heavy atom. The zero-order valence-corrected chi connectivity index (χ0v) is 12.7. The van der Waals surface area contributed by atoms with Crippen molar-refractivity contribution in [1.82, 2.24) is 29.8 Å². The molecule has 0 radical (unpaired) electrons. The number of hydrogen-bond donors (Lipinski definition) is 1. The van der Waals surface area contributed by atoms with E-state index >= 15 is 0 Å². The Morgan fingerprint density at radius 3 is 2.95 bits per heavy atom. The molecule has 1 amide bonds. The second-order valence-corrected chi connectivity index (χ2v) is 5.41. The standard InChI is InChI=1S/C14H14N6OS/c1-10-16-4-6-20(10)7-5-18-13(21)12-9-22-14(19-12)11-8-15-2-3-17-11/h2-4,6,8-9H,5,7H2,1H3,(H,18,21). The van der Waals surface area contributed by atoms with Crippen LogP contribution in [0.25, 0.3) is 10.7 Å². The van der Waals surface area contributed by atoms with Gasteiger partial charge in [0.25, 0.3) is 5.91 Å². The minimum atomic E-state index is -0.191. The second-order valence-electron chi connectivity index (χ2n) is 4.55. The maximum absolute atomic E-state index is 12.1. The molecule has 7 nitrogen and oxygen atoms in total. The van der Waals surface area contributed by atoms with Crippen molar-refractivity contribution in [3.63, 3.8) is 0 Å². The van der Waals surface area contributed by atoms with Crippen molar-refractivity contribution >= 4 is 17.2 Å². The molecule has 0 bridgehead atoms. The number of aryl methyl sites for hydroxylation is 1. The predicted octanol–water partition coefficient (Wildman–Crippen LogP) is 1.54. The van der Waals surface area contributed by atoms with Crippen LogP contribution in [0.5, 0.6) is 0 Å². The molecule has 0 aliphatic rings. The van der Waals surface area contributed by atoms with Crippen molar-refractivity contribution in [3.8, 4) is 10.7 Å². The maximum Gasteiger partial charge on any atom is 0.270 e. The number of thiazole rings is 1. The van der Waals surface area contributed by atoms with Crippen molar-refractivity contribution in [3.05, 3.63) is 47.9 Å². The Labute approximate surface area is 131 Å². The Bertz CT molecular complexity index is 767. The SMILES string of the molecule is Cc1nccn1CCNC(=O)c1csc(-c2cnccn2)n1. The van der Waals surface area contributed by atoms with E-state index in [2.05, 4.69) is 25.3 Å². The molecule has 3 rings (SSSR count). The molecule has 0 saturated carbocycles. The van der Waals surface area contributed by atoms with Crippen LogP contribution in [0.3, 0.4) is 0 Å². The molecule has 0 saturated heterocycles. The van der Waals surface area contributed by atoms with E-state index in [1.54, 1.807) is 30.2 Å². The van der Waals surface area contributed by atoms with Crippen molar-refractivity contribution in [2.75, 3.05) is 6.54 Å². The Morgan fingerprint density at radius 2 is 2.23 bits per heavy atom. The third-order valence-electron chi connectivity index (χ3n) is 3.08. The van der Waals surface area contributed by atoms with Gasteiger partial charge in [0.05, 0.1) is 6.20 Å². The second kappa shape index (κ2) is 6.44. The first-order valence-electron chi connectivity index (χ1n) is 6.72. The minimum Gasteiger partial charge on any atom is -0.349 e. The molecular formula is C14H14N6OS. The fourth-order valence-electron chi connectivity index (χ4n) is 1.93. The van der Waals surface area contributed by atoms with Crippen molar-refractivity contribution < 1.29 is 4.79 Å². The van der Waals surface area contributed by atoms with Crippen LogP contribution in [-0.2, 0) is 6.54 Å². The van der Waals surface area contributed by atoms with Gasteiger partial charge in [-0.3, -0.25) is 14.8 Å². The van der Waals surface area contributed by atoms with Gasteiger partial charge >= 0.3 is 0 Å². The topological polar surface area (TPSA) is 85.6 Å². The van der Waals surface area contributed by atoms with Gasteiger partial charge in [0.1, 0.15) is 22.2 Å². The molecule has 3 aromatic rings. The third kappa shape index (κ3) is 3.17. The molecule has 22 heavy (non-hydrogen) atoms. The summed E-state index contributed by atoms with van der Waals surface area (Å²) in [4.78, 5) is 28.7. The van der Waals surface area contributed by atoms with Gasteiger partial charge in [0.2, 0.25) is 0 Å². The summed E-state index contributed by atoms with van der Waals surface area (Å²) in [6, 6.07) is 0. The number of amides is 1. The van der Waals surface area contributed by atoms with Crippen LogP contribution in [0.4, 0.5) is 0 Å². The van der Waals surface area contributed by atoms with E-state index in [9.17, 15) is 4.79 Å². The van der Waals surface area contributed by atoms with Gasteiger partial charge in [-0.25, -0.2) is 9.97 Å². The predicted molar refractivity (Wildman–Crippen MR) is 82.4 cm³/mol. The molecule has 112 valence electrons. The highest BCUT2D eigenvalue weighted by Gasteiger charge is 2.12. The van der Waals surface area contributed by atoms with Gasteiger partial charge in [-0.15, -0.1) is 11.3 Å². The summed E-state index contributed by atoms with van der Waals surface area (Å²) in [5.74, 6) is 0.733. The Hall–Kier alpha value is -2.61. The van der Waals surface area contributed by atoms with E-state index in [1.807, 2.05) is 17.7 Å². The number of aromatic nitrogens is 5. The van der Waals surface area contributed by atoms with E-state index in [1.165, 1.54) is 11.3 Å². The Kier molecular flexibility index (Phi) is 4.19. The number of nitrogens with zero attached hydrogens (tertiary/aromatic N) is 5. The monoisotopic (exact) mass is 314 g/mol. The van der Waals surface area contributed by atoms with E-state index in [0.717, 1.165) is 5.82 Å². The molecule has 0 unspecified atom stereocenters. The van der Waals surface area contributed by atoms with Crippen LogP contribution in [0.15, 0.2) is 36.4 Å². The fraction of sp³-hybridized carbons (Fsp3) is 0.214. The van der Waals surface area contributed by atoms with Crippen LogP contribution >= 0.6 is 11.3 Å². The van der Waals surface area contributed by atoms with Gasteiger partial charge in [0, 0.05) is 43.3 Å². The third-order valence-corrected chi connectivity index (χ3v) is 3.95. The summed E-state index contributed by atoms with van der Waals surface area (Å²) < 4.78 is 1.98. The first kappa shape index (κ1) is 14.3. The quantitative estimate of drug-likeness (QED) is 0.772. The fourth-order valence-corrected chi connectivity index (χ4v) is 2.69. The van der Waals surface area contributed by atoms with E-state index in [4.69, 9.17) is 0 Å². The average molecular weight is 314 g/mol. The van der Waals surface area contributed by atoms with Crippen LogP contribution in [0.2, 0.25) is 0 Å². The van der Waals surface area contributed by atoms with Gasteiger partial charge in [0.15, 0.2) is 0 Å². The molecule has 0 spiro atoms. The molecule has 0 fully saturated rings. The number of hydrogen-bond acceptors (Lipinski definition) is 6. The summed E-state index contributed by atoms with van der Waals surface area (Å²) in [6.07, 6.45) is 8.45. The highest BCUT2D eigenvalue weighted by molar-refractivity contribution is 7.13. The summed E-state index contributed by atoms with van der Waals surface area (Å²) in [5.41, 5.74) is 1.06. The number of carbonyl (C=O) groups is 1. The molecule has 0 aliphatic carbocycles. The maximum atomic E-state index is 12.1. The molecule has 3 aromatic heterocycles. The van der Waals surface area contributed by atoms with E-state index in [0.29, 0.717) is 29.5 Å². The summed E-state index contributed by atoms with van der Waals surface area (Å²) >= 11 is 1.37. The van der Waals surface area contributed by atoms with Gasteiger partial charge in [-0.05, 0) is 6.92 Å². The smallest absolute Gasteiger partial charge is 0.270 e. The lowest BCUT2D eigenvalue weighted by Crippen LogP contribution is -2.27. The lowest BCUT2D eigenvalue weighted by Gasteiger charge is -2.05. The lowest BCUT2D eigenvalue weighted by atomic mass is 10.4. The van der Waals surface area contributed by atoms with Crippen molar-refractivity contribution in [2.45, 2.75) is 13.5 Å². The van der Waals surface area contributed by atoms with Crippen LogP contribution in [0.1, 0.15) is 16.3 Å². The average Bonchev–Trinajstić information content (AvgIpc) is 3.18. The molecule has 0 aliphatic heterocycles. The van der Waals surface area contributed by atoms with Crippen LogP contribution < -0.4 is 5.32 Å². The molecule has 8 heteroatoms. The largest absolute Gasteiger partial charge is 0.349 e. The number of carbonyl (C=O) groups excluding carboxylic acids is 1. The molecule has 1 N–H and O–H groups in total. The van der Waals surface area contributed by atoms with Crippen LogP contribution in [-0.4, -0.2) is 37.0 Å². The zero-order valence-electron chi connectivity index (χ0n) is 11.9. The Balaban J connectivity index is 1.59. The summed E-state index contributed by atoms with van der Waals surface area (Å²) in [6.45, 7) is 3.13. The van der Waals surface area contributed by atoms with Gasteiger partial charge < -0.3 is 9.88 Å². The van der Waals surface area contributed by atoms with Crippen molar-refractivity contribution in [1.29, 1.82) is 0 Å². The number of rotatable bonds is 5. The highest BCUT2D eigenvalue weighted by atomic mass is 32.1. The normalized spacial score (nSPS) is 10.6. The number of imidazole rings is 1. The molecular weight excluding hydrogens is 300 g/mol. The number of nitrogens with one attached hydrogen (secondary N) is 1. The van der Waals surface area contributed by atoms with E-state index in [-0.39, 0.29) is 5.91 Å². The lowest BCUT2D eigenvalue weighted by molar-refractivity contribution is 0.0948. The zero-order chi connectivity index (χ0) is 15.4. The first-order valence-corrected chi connectivity index (χ1v) is 7.60. The summed E-state index contributed by atoms with van der Waals surface area (Å²) in [5, 5.41) is 5.26. The summed E-state index contributed by atoms with van der Waals surface area (Å²) in [7, 11) is 0. The molecule has 3 heterocycles. The van der Waals surface area contributed by atoms with E-state index < -0.39 is 0 Å². The van der Waals surface area contributed by atoms with Crippen LogP contribution in [0, 0.1) is 6.92 Å².